The number of aliphatic carboxylic acids is 1. The number of carbonyl (C=O) groups is 1. The molecule has 7 heteroatoms. The molecule has 0 saturated carbocycles. The van der Waals surface area contributed by atoms with E-state index >= 15 is 0 Å². The lowest BCUT2D eigenvalue weighted by atomic mass is 10.1. The van der Waals surface area contributed by atoms with Crippen molar-refractivity contribution < 1.29 is 9.90 Å². The van der Waals surface area contributed by atoms with Gasteiger partial charge in [-0.15, -0.1) is 0 Å². The van der Waals surface area contributed by atoms with Gasteiger partial charge in [-0.05, 0) is 38.8 Å². The first-order valence-electron chi connectivity index (χ1n) is 5.82. The van der Waals surface area contributed by atoms with Crippen molar-refractivity contribution in [3.8, 4) is 0 Å². The second kappa shape index (κ2) is 9.86. The van der Waals surface area contributed by atoms with Crippen LogP contribution in [0.15, 0.2) is 0 Å². The lowest BCUT2D eigenvalue weighted by Crippen LogP contribution is -2.38. The number of nitrogens with one attached hydrogen (secondary N) is 3. The van der Waals surface area contributed by atoms with E-state index < -0.39 is 12.0 Å². The second-order valence-corrected chi connectivity index (χ2v) is 3.82. The van der Waals surface area contributed by atoms with Gasteiger partial charge in [0.05, 0.1) is 0 Å². The third-order valence-corrected chi connectivity index (χ3v) is 2.30. The van der Waals surface area contributed by atoms with E-state index in [-0.39, 0.29) is 5.96 Å². The van der Waals surface area contributed by atoms with Crippen LogP contribution in [0.2, 0.25) is 0 Å². The Morgan fingerprint density at radius 2 is 2.00 bits per heavy atom. The highest BCUT2D eigenvalue weighted by Gasteiger charge is 2.15. The van der Waals surface area contributed by atoms with Gasteiger partial charge in [-0.25, -0.2) is 0 Å². The molecule has 0 aromatic rings. The van der Waals surface area contributed by atoms with Gasteiger partial charge in [0.15, 0.2) is 5.96 Å². The number of unbranched alkanes of at least 4 members (excludes halogenated alkanes) is 1. The van der Waals surface area contributed by atoms with Crippen molar-refractivity contribution in [2.75, 3.05) is 19.6 Å². The lowest BCUT2D eigenvalue weighted by Gasteiger charge is -2.14. The summed E-state index contributed by atoms with van der Waals surface area (Å²) in [6.07, 6.45) is 2.94. The Balaban J connectivity index is 3.67. The lowest BCUT2D eigenvalue weighted by molar-refractivity contribution is -0.139. The zero-order valence-electron chi connectivity index (χ0n) is 10.0. The average Bonchev–Trinajstić information content (AvgIpc) is 2.26. The molecule has 1 atom stereocenters. The number of rotatable bonds is 10. The van der Waals surface area contributed by atoms with Crippen molar-refractivity contribution in [2.45, 2.75) is 31.7 Å². The molecule has 0 aliphatic rings. The maximum absolute atomic E-state index is 10.9. The molecule has 0 radical (unpaired) electrons. The smallest absolute Gasteiger partial charge is 0.320 e. The summed E-state index contributed by atoms with van der Waals surface area (Å²) in [6.45, 7) is 1.81. The van der Waals surface area contributed by atoms with Crippen LogP contribution in [0.5, 0.6) is 0 Å². The predicted octanol–water partition coefficient (Wildman–Crippen LogP) is -0.969. The molecule has 7 nitrogen and oxygen atoms in total. The minimum absolute atomic E-state index is 0.0900. The van der Waals surface area contributed by atoms with Gasteiger partial charge in [-0.1, -0.05) is 0 Å². The molecule has 0 amide bonds. The third kappa shape index (κ3) is 9.58. The summed E-state index contributed by atoms with van der Waals surface area (Å²) in [5, 5.41) is 21.5. The van der Waals surface area contributed by atoms with Crippen LogP contribution in [0, 0.1) is 5.41 Å². The first-order chi connectivity index (χ1) is 8.07. The Kier molecular flexibility index (Phi) is 9.08. The van der Waals surface area contributed by atoms with Gasteiger partial charge in [0.25, 0.3) is 0 Å². The van der Waals surface area contributed by atoms with E-state index in [1.165, 1.54) is 0 Å². The zero-order valence-corrected chi connectivity index (χ0v) is 10.0. The van der Waals surface area contributed by atoms with E-state index in [1.54, 1.807) is 0 Å². The molecule has 0 fully saturated rings. The van der Waals surface area contributed by atoms with Gasteiger partial charge in [-0.2, -0.15) is 0 Å². The van der Waals surface area contributed by atoms with Gasteiger partial charge in [-0.3, -0.25) is 10.2 Å². The van der Waals surface area contributed by atoms with Gasteiger partial charge in [0.1, 0.15) is 6.04 Å². The SMILES string of the molecule is N=C(N)NCCCC(NCCCCN)C(=O)O. The molecule has 0 spiro atoms. The van der Waals surface area contributed by atoms with E-state index in [4.69, 9.17) is 22.0 Å². The molecule has 0 rings (SSSR count). The molecular weight excluding hydrogens is 222 g/mol. The van der Waals surface area contributed by atoms with Crippen LogP contribution in [-0.2, 0) is 4.79 Å². The van der Waals surface area contributed by atoms with E-state index in [9.17, 15) is 4.79 Å². The van der Waals surface area contributed by atoms with Gasteiger partial charge >= 0.3 is 5.97 Å². The summed E-state index contributed by atoms with van der Waals surface area (Å²) in [6, 6.07) is -0.540. The summed E-state index contributed by atoms with van der Waals surface area (Å²) in [4.78, 5) is 10.9. The Hall–Kier alpha value is -1.34. The molecule has 8 N–H and O–H groups in total. The van der Waals surface area contributed by atoms with Crippen LogP contribution < -0.4 is 22.1 Å². The molecule has 0 aromatic heterocycles. The van der Waals surface area contributed by atoms with Gasteiger partial charge in [0, 0.05) is 6.54 Å². The maximum Gasteiger partial charge on any atom is 0.320 e. The highest BCUT2D eigenvalue weighted by atomic mass is 16.4. The van der Waals surface area contributed by atoms with E-state index in [0.29, 0.717) is 32.5 Å². The quantitative estimate of drug-likeness (QED) is 0.166. The summed E-state index contributed by atoms with van der Waals surface area (Å²) in [5.41, 5.74) is 10.5. The molecule has 17 heavy (non-hydrogen) atoms. The summed E-state index contributed by atoms with van der Waals surface area (Å²) >= 11 is 0. The Labute approximate surface area is 101 Å². The van der Waals surface area contributed by atoms with Crippen molar-refractivity contribution >= 4 is 11.9 Å². The maximum atomic E-state index is 10.9. The van der Waals surface area contributed by atoms with Crippen LogP contribution in [-0.4, -0.2) is 42.7 Å². The highest BCUT2D eigenvalue weighted by molar-refractivity contribution is 5.74. The minimum atomic E-state index is -0.847. The van der Waals surface area contributed by atoms with Gasteiger partial charge < -0.3 is 27.2 Å². The van der Waals surface area contributed by atoms with Crippen LogP contribution in [0.3, 0.4) is 0 Å². The first-order valence-corrected chi connectivity index (χ1v) is 5.82. The van der Waals surface area contributed by atoms with Crippen molar-refractivity contribution in [3.63, 3.8) is 0 Å². The number of nitrogens with two attached hydrogens (primary N) is 2. The fraction of sp³-hybridized carbons (Fsp3) is 0.800. The molecule has 100 valence electrons. The van der Waals surface area contributed by atoms with Crippen molar-refractivity contribution in [1.82, 2.24) is 10.6 Å². The molecule has 0 bridgehead atoms. The monoisotopic (exact) mass is 245 g/mol. The number of carboxylic acid groups (broad SMARTS) is 1. The number of carboxylic acids is 1. The summed E-state index contributed by atoms with van der Waals surface area (Å²) in [5.74, 6) is -0.937. The van der Waals surface area contributed by atoms with Crippen LogP contribution in [0.4, 0.5) is 0 Å². The first kappa shape index (κ1) is 15.7. The molecule has 0 aliphatic carbocycles. The van der Waals surface area contributed by atoms with E-state index in [2.05, 4.69) is 10.6 Å². The fourth-order valence-corrected chi connectivity index (χ4v) is 1.39. The predicted molar refractivity (Wildman–Crippen MR) is 66.9 cm³/mol. The fourth-order valence-electron chi connectivity index (χ4n) is 1.39. The van der Waals surface area contributed by atoms with Gasteiger partial charge in [0.2, 0.25) is 0 Å². The van der Waals surface area contributed by atoms with Crippen LogP contribution >= 0.6 is 0 Å². The van der Waals surface area contributed by atoms with E-state index in [0.717, 1.165) is 12.8 Å². The van der Waals surface area contributed by atoms with Crippen LogP contribution in [0.1, 0.15) is 25.7 Å². The largest absolute Gasteiger partial charge is 0.480 e. The molecule has 0 saturated heterocycles. The highest BCUT2D eigenvalue weighted by Crippen LogP contribution is 1.97. The molecule has 0 aromatic carbocycles. The molecule has 0 aliphatic heterocycles. The zero-order chi connectivity index (χ0) is 13.1. The Bertz CT molecular complexity index is 235. The summed E-state index contributed by atoms with van der Waals surface area (Å²) in [7, 11) is 0. The number of hydrogen-bond acceptors (Lipinski definition) is 4. The summed E-state index contributed by atoms with van der Waals surface area (Å²) < 4.78 is 0. The third-order valence-electron chi connectivity index (χ3n) is 2.30. The van der Waals surface area contributed by atoms with Crippen molar-refractivity contribution in [3.05, 3.63) is 0 Å². The molecule has 0 heterocycles. The van der Waals surface area contributed by atoms with Crippen LogP contribution in [0.25, 0.3) is 0 Å². The molecular formula is C10H23N5O2. The normalized spacial score (nSPS) is 12.1. The minimum Gasteiger partial charge on any atom is -0.480 e. The van der Waals surface area contributed by atoms with Crippen molar-refractivity contribution in [1.29, 1.82) is 5.41 Å². The number of guanidine groups is 1. The van der Waals surface area contributed by atoms with E-state index in [1.807, 2.05) is 0 Å². The second-order valence-electron chi connectivity index (χ2n) is 3.82. The van der Waals surface area contributed by atoms with Crippen molar-refractivity contribution in [2.24, 2.45) is 11.5 Å². The topological polar surface area (TPSA) is 137 Å². The molecule has 1 unspecified atom stereocenters. The standard InChI is InChI=1S/C10H23N5O2/c11-5-1-2-6-14-8(9(16)17)4-3-7-15-10(12)13/h8,14H,1-7,11H2,(H,16,17)(H4,12,13,15). The Morgan fingerprint density at radius 3 is 2.53 bits per heavy atom. The average molecular weight is 245 g/mol. The Morgan fingerprint density at radius 1 is 1.29 bits per heavy atom. The number of hydrogen-bond donors (Lipinski definition) is 6.